The van der Waals surface area contributed by atoms with Gasteiger partial charge in [0, 0.05) is 24.3 Å². The first-order valence-corrected chi connectivity index (χ1v) is 7.91. The average Bonchev–Trinajstić information content (AvgIpc) is 3.18. The molecule has 0 atom stereocenters. The number of rotatable bonds is 3. The minimum atomic E-state index is -0.443. The van der Waals surface area contributed by atoms with Gasteiger partial charge in [-0.15, -0.1) is 0 Å². The number of aromatic nitrogens is 1. The second-order valence-electron chi connectivity index (χ2n) is 6.07. The van der Waals surface area contributed by atoms with E-state index in [9.17, 15) is 9.59 Å². The molecule has 0 unspecified atom stereocenters. The maximum atomic E-state index is 12.5. The third-order valence-corrected chi connectivity index (χ3v) is 4.49. The fraction of sp³-hybridized carbons (Fsp3) is 0.211. The van der Waals surface area contributed by atoms with E-state index >= 15 is 0 Å². The van der Waals surface area contributed by atoms with Crippen molar-refractivity contribution in [3.8, 4) is 0 Å². The molecule has 6 nitrogen and oxygen atoms in total. The van der Waals surface area contributed by atoms with Crippen molar-refractivity contribution in [2.45, 2.75) is 20.0 Å². The maximum Gasteiger partial charge on any atom is 0.341 e. The zero-order valence-corrected chi connectivity index (χ0v) is 13.9. The third kappa shape index (κ3) is 2.46. The number of hydrogen-bond acceptors (Lipinski definition) is 5. The largest absolute Gasteiger partial charge is 0.465 e. The van der Waals surface area contributed by atoms with Crippen molar-refractivity contribution in [3.63, 3.8) is 0 Å². The SMILES string of the molecule is COC(=O)c1ccc(C)c2cc(CN3Cc4ccncc4C3=O)oc12. The number of pyridine rings is 1. The molecule has 25 heavy (non-hydrogen) atoms. The van der Waals surface area contributed by atoms with Crippen LogP contribution in [0.5, 0.6) is 0 Å². The number of ether oxygens (including phenoxy) is 1. The summed E-state index contributed by atoms with van der Waals surface area (Å²) in [4.78, 5) is 30.1. The molecule has 0 saturated heterocycles. The Hall–Kier alpha value is -3.15. The van der Waals surface area contributed by atoms with Crippen LogP contribution < -0.4 is 0 Å². The van der Waals surface area contributed by atoms with Crippen LogP contribution in [0.4, 0.5) is 0 Å². The van der Waals surface area contributed by atoms with Gasteiger partial charge in [0.25, 0.3) is 5.91 Å². The summed E-state index contributed by atoms with van der Waals surface area (Å²) < 4.78 is 10.7. The van der Waals surface area contributed by atoms with E-state index in [0.717, 1.165) is 16.5 Å². The minimum Gasteiger partial charge on any atom is -0.465 e. The molecule has 0 N–H and O–H groups in total. The van der Waals surface area contributed by atoms with Crippen LogP contribution in [0.15, 0.2) is 41.1 Å². The van der Waals surface area contributed by atoms with Gasteiger partial charge in [0.15, 0.2) is 0 Å². The van der Waals surface area contributed by atoms with E-state index in [1.807, 2.05) is 25.1 Å². The molecule has 0 aliphatic carbocycles. The van der Waals surface area contributed by atoms with E-state index in [1.165, 1.54) is 7.11 Å². The number of amides is 1. The van der Waals surface area contributed by atoms with Gasteiger partial charge in [0.05, 0.1) is 19.2 Å². The van der Waals surface area contributed by atoms with E-state index in [-0.39, 0.29) is 5.91 Å². The number of hydrogen-bond donors (Lipinski definition) is 0. The summed E-state index contributed by atoms with van der Waals surface area (Å²) in [7, 11) is 1.34. The predicted octanol–water partition coefficient (Wildman–Crippen LogP) is 3.08. The van der Waals surface area contributed by atoms with Crippen LogP contribution in [0.3, 0.4) is 0 Å². The number of aryl methyl sites for hydroxylation is 1. The first kappa shape index (κ1) is 15.4. The molecule has 1 aliphatic heterocycles. The summed E-state index contributed by atoms with van der Waals surface area (Å²) in [6.45, 7) is 2.81. The normalized spacial score (nSPS) is 13.4. The molecule has 1 aliphatic rings. The van der Waals surface area contributed by atoms with Crippen LogP contribution in [-0.2, 0) is 17.8 Å². The summed E-state index contributed by atoms with van der Waals surface area (Å²) in [5.74, 6) is 0.124. The highest BCUT2D eigenvalue weighted by atomic mass is 16.5. The Balaban J connectivity index is 1.69. The van der Waals surface area contributed by atoms with Gasteiger partial charge < -0.3 is 14.1 Å². The molecule has 3 aromatic rings. The average molecular weight is 336 g/mol. The molecule has 6 heteroatoms. The lowest BCUT2D eigenvalue weighted by Crippen LogP contribution is -2.22. The van der Waals surface area contributed by atoms with Gasteiger partial charge in [-0.05, 0) is 36.2 Å². The quantitative estimate of drug-likeness (QED) is 0.687. The van der Waals surface area contributed by atoms with Crippen LogP contribution in [0.25, 0.3) is 11.0 Å². The molecule has 1 amide bonds. The first-order valence-electron chi connectivity index (χ1n) is 7.91. The first-order chi connectivity index (χ1) is 12.1. The van der Waals surface area contributed by atoms with Crippen molar-refractivity contribution in [1.82, 2.24) is 9.88 Å². The van der Waals surface area contributed by atoms with Gasteiger partial charge in [0.1, 0.15) is 16.9 Å². The lowest BCUT2D eigenvalue weighted by Gasteiger charge is -2.13. The van der Waals surface area contributed by atoms with Crippen LogP contribution in [0, 0.1) is 6.92 Å². The Morgan fingerprint density at radius 3 is 2.96 bits per heavy atom. The Kier molecular flexibility index (Phi) is 3.53. The molecule has 2 aromatic heterocycles. The second-order valence-corrected chi connectivity index (χ2v) is 6.07. The predicted molar refractivity (Wildman–Crippen MR) is 90.1 cm³/mol. The summed E-state index contributed by atoms with van der Waals surface area (Å²) in [5.41, 5.74) is 3.47. The standard InChI is InChI=1S/C19H16N2O4/c1-11-3-4-14(19(23)24-2)17-15(11)7-13(25-17)10-21-9-12-5-6-20-8-16(12)18(21)22/h3-8H,9-10H2,1-2H3. The Bertz CT molecular complexity index is 1010. The van der Waals surface area contributed by atoms with Crippen molar-refractivity contribution < 1.29 is 18.7 Å². The number of methoxy groups -OCH3 is 1. The molecular weight excluding hydrogens is 320 g/mol. The summed E-state index contributed by atoms with van der Waals surface area (Å²) in [6, 6.07) is 7.28. The van der Waals surface area contributed by atoms with Gasteiger partial charge in [0.2, 0.25) is 0 Å². The topological polar surface area (TPSA) is 72.6 Å². The number of carbonyl (C=O) groups excluding carboxylic acids is 2. The number of benzene rings is 1. The molecule has 0 spiro atoms. The van der Waals surface area contributed by atoms with Crippen molar-refractivity contribution in [2.75, 3.05) is 7.11 Å². The number of carbonyl (C=O) groups is 2. The Labute approximate surface area is 144 Å². The summed E-state index contributed by atoms with van der Waals surface area (Å²) >= 11 is 0. The van der Waals surface area contributed by atoms with E-state index < -0.39 is 5.97 Å². The Morgan fingerprint density at radius 1 is 1.36 bits per heavy atom. The molecule has 126 valence electrons. The van der Waals surface area contributed by atoms with Gasteiger partial charge >= 0.3 is 5.97 Å². The highest BCUT2D eigenvalue weighted by Crippen LogP contribution is 2.29. The van der Waals surface area contributed by atoms with Crippen LogP contribution in [0.2, 0.25) is 0 Å². The zero-order chi connectivity index (χ0) is 17.6. The molecule has 1 aromatic carbocycles. The fourth-order valence-corrected chi connectivity index (χ4v) is 3.17. The molecule has 4 rings (SSSR count). The Morgan fingerprint density at radius 2 is 2.20 bits per heavy atom. The summed E-state index contributed by atoms with van der Waals surface area (Å²) in [5, 5.41) is 0.851. The third-order valence-electron chi connectivity index (χ3n) is 4.49. The van der Waals surface area contributed by atoms with Crippen molar-refractivity contribution in [1.29, 1.82) is 0 Å². The number of furan rings is 1. The minimum absolute atomic E-state index is 0.0616. The molecule has 0 bridgehead atoms. The van der Waals surface area contributed by atoms with Crippen LogP contribution in [-0.4, -0.2) is 28.9 Å². The molecule has 0 radical (unpaired) electrons. The van der Waals surface area contributed by atoms with Crippen LogP contribution in [0.1, 0.15) is 37.6 Å². The van der Waals surface area contributed by atoms with Gasteiger partial charge in [-0.2, -0.15) is 0 Å². The van der Waals surface area contributed by atoms with Crippen molar-refractivity contribution in [3.05, 3.63) is 64.7 Å². The van der Waals surface area contributed by atoms with E-state index in [2.05, 4.69) is 4.98 Å². The monoisotopic (exact) mass is 336 g/mol. The zero-order valence-electron chi connectivity index (χ0n) is 13.9. The number of esters is 1. The van der Waals surface area contributed by atoms with Crippen molar-refractivity contribution >= 4 is 22.8 Å². The molecule has 0 fully saturated rings. The highest BCUT2D eigenvalue weighted by Gasteiger charge is 2.28. The molecule has 0 saturated carbocycles. The smallest absolute Gasteiger partial charge is 0.341 e. The van der Waals surface area contributed by atoms with E-state index in [0.29, 0.717) is 35.6 Å². The van der Waals surface area contributed by atoms with Gasteiger partial charge in [-0.1, -0.05) is 6.07 Å². The van der Waals surface area contributed by atoms with Crippen molar-refractivity contribution in [2.24, 2.45) is 0 Å². The molecule has 3 heterocycles. The van der Waals surface area contributed by atoms with Crippen LogP contribution >= 0.6 is 0 Å². The number of fused-ring (bicyclic) bond motifs is 2. The summed E-state index contributed by atoms with van der Waals surface area (Å²) in [6.07, 6.45) is 3.28. The van der Waals surface area contributed by atoms with Gasteiger partial charge in [-0.25, -0.2) is 4.79 Å². The van der Waals surface area contributed by atoms with E-state index in [4.69, 9.17) is 9.15 Å². The second kappa shape index (κ2) is 5.73. The fourth-order valence-electron chi connectivity index (χ4n) is 3.17. The number of nitrogens with zero attached hydrogens (tertiary/aromatic N) is 2. The van der Waals surface area contributed by atoms with Gasteiger partial charge in [-0.3, -0.25) is 9.78 Å². The lowest BCUT2D eigenvalue weighted by atomic mass is 10.1. The molecular formula is C19H16N2O4. The lowest BCUT2D eigenvalue weighted by molar-refractivity contribution is 0.0600. The highest BCUT2D eigenvalue weighted by molar-refractivity contribution is 6.03. The van der Waals surface area contributed by atoms with E-state index in [1.54, 1.807) is 23.4 Å². The maximum absolute atomic E-state index is 12.5.